The molecular weight excluding hydrogens is 262 g/mol. The highest BCUT2D eigenvalue weighted by molar-refractivity contribution is 5.82. The monoisotopic (exact) mass is 285 g/mol. The van der Waals surface area contributed by atoms with E-state index in [0.29, 0.717) is 13.0 Å². The van der Waals surface area contributed by atoms with Gasteiger partial charge in [0.1, 0.15) is 0 Å². The van der Waals surface area contributed by atoms with Crippen LogP contribution in [0.5, 0.6) is 0 Å². The zero-order chi connectivity index (χ0) is 15.4. The number of carboxylic acids is 1. The first-order valence-electron chi connectivity index (χ1n) is 6.76. The number of hydrogen-bond acceptors (Lipinski definition) is 3. The molecule has 0 bridgehead atoms. The lowest BCUT2D eigenvalue weighted by molar-refractivity contribution is -0.141. The molecular formula is C13H23N3O4. The Kier molecular flexibility index (Phi) is 5.35. The highest BCUT2D eigenvalue weighted by atomic mass is 16.4. The fourth-order valence-corrected chi connectivity index (χ4v) is 2.18. The maximum atomic E-state index is 11.9. The van der Waals surface area contributed by atoms with E-state index in [9.17, 15) is 14.4 Å². The quantitative estimate of drug-likeness (QED) is 0.763. The number of urea groups is 1. The first kappa shape index (κ1) is 16.3. The van der Waals surface area contributed by atoms with Gasteiger partial charge in [-0.1, -0.05) is 6.92 Å². The second-order valence-electron chi connectivity index (χ2n) is 5.61. The molecule has 0 saturated carbocycles. The van der Waals surface area contributed by atoms with Gasteiger partial charge in [0.2, 0.25) is 5.91 Å². The number of amides is 3. The Morgan fingerprint density at radius 1 is 1.45 bits per heavy atom. The van der Waals surface area contributed by atoms with Gasteiger partial charge in [-0.15, -0.1) is 0 Å². The van der Waals surface area contributed by atoms with Gasteiger partial charge in [0.15, 0.2) is 0 Å². The van der Waals surface area contributed by atoms with E-state index in [0.717, 1.165) is 0 Å². The highest BCUT2D eigenvalue weighted by Gasteiger charge is 2.32. The van der Waals surface area contributed by atoms with Crippen molar-refractivity contribution in [3.63, 3.8) is 0 Å². The first-order valence-corrected chi connectivity index (χ1v) is 6.76. The topological polar surface area (TPSA) is 90.0 Å². The van der Waals surface area contributed by atoms with Gasteiger partial charge in [-0.2, -0.15) is 0 Å². The summed E-state index contributed by atoms with van der Waals surface area (Å²) in [5.74, 6) is -1.53. The van der Waals surface area contributed by atoms with Crippen molar-refractivity contribution < 1.29 is 19.5 Å². The Bertz CT molecular complexity index is 397. The maximum Gasteiger partial charge on any atom is 0.317 e. The van der Waals surface area contributed by atoms with E-state index in [-0.39, 0.29) is 30.6 Å². The van der Waals surface area contributed by atoms with Crippen LogP contribution in [-0.4, -0.2) is 65.0 Å². The number of rotatable bonds is 5. The van der Waals surface area contributed by atoms with E-state index < -0.39 is 11.9 Å². The van der Waals surface area contributed by atoms with Crippen LogP contribution in [0.4, 0.5) is 4.79 Å². The molecule has 114 valence electrons. The van der Waals surface area contributed by atoms with Crippen LogP contribution in [0.25, 0.3) is 0 Å². The van der Waals surface area contributed by atoms with Gasteiger partial charge < -0.3 is 20.2 Å². The Morgan fingerprint density at radius 3 is 2.50 bits per heavy atom. The number of carboxylic acid groups (broad SMARTS) is 1. The van der Waals surface area contributed by atoms with Crippen molar-refractivity contribution >= 4 is 17.9 Å². The van der Waals surface area contributed by atoms with Crippen molar-refractivity contribution in [1.82, 2.24) is 15.1 Å². The number of hydrogen-bond donors (Lipinski definition) is 2. The molecule has 1 fully saturated rings. The summed E-state index contributed by atoms with van der Waals surface area (Å²) >= 11 is 0. The van der Waals surface area contributed by atoms with E-state index in [2.05, 4.69) is 5.32 Å². The predicted octanol–water partition coefficient (Wildman–Crippen LogP) is 0.358. The summed E-state index contributed by atoms with van der Waals surface area (Å²) in [5.41, 5.74) is 0. The molecule has 1 heterocycles. The molecule has 7 heteroatoms. The Balaban J connectivity index is 2.47. The van der Waals surface area contributed by atoms with Crippen molar-refractivity contribution in [2.75, 3.05) is 20.1 Å². The minimum absolute atomic E-state index is 0.0341. The second kappa shape index (κ2) is 6.58. The van der Waals surface area contributed by atoms with Crippen molar-refractivity contribution in [3.8, 4) is 0 Å². The van der Waals surface area contributed by atoms with E-state index in [4.69, 9.17) is 5.11 Å². The number of aliphatic carboxylic acids is 1. The molecule has 2 unspecified atom stereocenters. The van der Waals surface area contributed by atoms with Gasteiger partial charge >= 0.3 is 12.0 Å². The molecule has 2 N–H and O–H groups in total. The summed E-state index contributed by atoms with van der Waals surface area (Å²) in [6.07, 6.45) is 0.298. The average Bonchev–Trinajstić information content (AvgIpc) is 2.69. The summed E-state index contributed by atoms with van der Waals surface area (Å²) in [6, 6.07) is -0.435. The predicted molar refractivity (Wildman–Crippen MR) is 73.2 cm³/mol. The summed E-state index contributed by atoms with van der Waals surface area (Å²) < 4.78 is 0. The van der Waals surface area contributed by atoms with E-state index in [1.54, 1.807) is 18.9 Å². The third-order valence-electron chi connectivity index (χ3n) is 3.43. The smallest absolute Gasteiger partial charge is 0.317 e. The number of carbonyl (C=O) groups excluding carboxylic acids is 2. The lowest BCUT2D eigenvalue weighted by atomic mass is 10.2. The van der Waals surface area contributed by atoms with Gasteiger partial charge in [0.05, 0.1) is 12.0 Å². The van der Waals surface area contributed by atoms with Crippen LogP contribution in [-0.2, 0) is 9.59 Å². The van der Waals surface area contributed by atoms with Crippen LogP contribution in [0.3, 0.4) is 0 Å². The lowest BCUT2D eigenvalue weighted by Gasteiger charge is -2.23. The van der Waals surface area contributed by atoms with E-state index in [1.165, 1.54) is 4.90 Å². The van der Waals surface area contributed by atoms with Crippen LogP contribution in [0, 0.1) is 5.92 Å². The number of nitrogens with one attached hydrogen (secondary N) is 1. The van der Waals surface area contributed by atoms with Crippen LogP contribution in [0.15, 0.2) is 0 Å². The highest BCUT2D eigenvalue weighted by Crippen LogP contribution is 2.14. The molecule has 0 radical (unpaired) electrons. The summed E-state index contributed by atoms with van der Waals surface area (Å²) in [6.45, 7) is 6.05. The molecule has 20 heavy (non-hydrogen) atoms. The van der Waals surface area contributed by atoms with Gasteiger partial charge in [-0.3, -0.25) is 9.59 Å². The summed E-state index contributed by atoms with van der Waals surface area (Å²) in [4.78, 5) is 37.5. The molecule has 7 nitrogen and oxygen atoms in total. The third-order valence-corrected chi connectivity index (χ3v) is 3.43. The van der Waals surface area contributed by atoms with Crippen LogP contribution in [0.1, 0.15) is 27.2 Å². The van der Waals surface area contributed by atoms with E-state index >= 15 is 0 Å². The normalized spacial score (nSPS) is 20.1. The van der Waals surface area contributed by atoms with Crippen LogP contribution in [0.2, 0.25) is 0 Å². The molecule has 1 aliphatic rings. The molecule has 0 spiro atoms. The fraction of sp³-hybridized carbons (Fsp3) is 0.769. The molecule has 3 amide bonds. The summed E-state index contributed by atoms with van der Waals surface area (Å²) in [5, 5.41) is 11.6. The molecule has 0 aromatic carbocycles. The third kappa shape index (κ3) is 4.11. The molecule has 1 rings (SSSR count). The number of carbonyl (C=O) groups is 3. The average molecular weight is 285 g/mol. The van der Waals surface area contributed by atoms with Crippen molar-refractivity contribution in [2.45, 2.75) is 39.3 Å². The fourth-order valence-electron chi connectivity index (χ4n) is 2.18. The van der Waals surface area contributed by atoms with Crippen LogP contribution >= 0.6 is 0 Å². The van der Waals surface area contributed by atoms with Crippen molar-refractivity contribution in [3.05, 3.63) is 0 Å². The number of likely N-dealkylation sites (tertiary alicyclic amines) is 1. The van der Waals surface area contributed by atoms with Gasteiger partial charge in [-0.25, -0.2) is 4.79 Å². The van der Waals surface area contributed by atoms with Gasteiger partial charge in [-0.05, 0) is 13.8 Å². The first-order chi connectivity index (χ1) is 9.22. The van der Waals surface area contributed by atoms with Crippen LogP contribution < -0.4 is 5.32 Å². The van der Waals surface area contributed by atoms with Crippen molar-refractivity contribution in [1.29, 1.82) is 0 Å². The summed E-state index contributed by atoms with van der Waals surface area (Å²) in [7, 11) is 1.55. The SMILES string of the molecule is CC(CN(C)C(=O)NC1CC(=O)N(C(C)C)C1)C(=O)O. The Morgan fingerprint density at radius 2 is 2.05 bits per heavy atom. The van der Waals surface area contributed by atoms with E-state index in [1.807, 2.05) is 13.8 Å². The molecule has 1 saturated heterocycles. The second-order valence-corrected chi connectivity index (χ2v) is 5.61. The minimum Gasteiger partial charge on any atom is -0.481 e. The largest absolute Gasteiger partial charge is 0.481 e. The van der Waals surface area contributed by atoms with Gasteiger partial charge in [0, 0.05) is 32.6 Å². The standard InChI is InChI=1S/C13H23N3O4/c1-8(2)16-7-10(5-11(16)17)14-13(20)15(4)6-9(3)12(18)19/h8-10H,5-7H2,1-4H3,(H,14,20)(H,18,19). The Hall–Kier alpha value is -1.79. The van der Waals surface area contributed by atoms with Gasteiger partial charge in [0.25, 0.3) is 0 Å². The molecule has 0 aliphatic carbocycles. The molecule has 2 atom stereocenters. The molecule has 0 aromatic rings. The van der Waals surface area contributed by atoms with Crippen molar-refractivity contribution in [2.24, 2.45) is 5.92 Å². The maximum absolute atomic E-state index is 11.9. The zero-order valence-electron chi connectivity index (χ0n) is 12.4. The number of nitrogens with zero attached hydrogens (tertiary/aromatic N) is 2. The zero-order valence-corrected chi connectivity index (χ0v) is 12.4. The Labute approximate surface area is 118 Å². The molecule has 1 aliphatic heterocycles. The lowest BCUT2D eigenvalue weighted by Crippen LogP contribution is -2.46. The minimum atomic E-state index is -0.938. The molecule has 0 aromatic heterocycles.